The van der Waals surface area contributed by atoms with E-state index in [4.69, 9.17) is 0 Å². The van der Waals surface area contributed by atoms with Crippen LogP contribution in [0.15, 0.2) is 18.7 Å². The first-order valence-electron chi connectivity index (χ1n) is 8.47. The molecule has 1 aliphatic heterocycles. The minimum Gasteiger partial charge on any atom is -0.337 e. The number of piperazine rings is 1. The average Bonchev–Trinajstić information content (AvgIpc) is 2.95. The Morgan fingerprint density at radius 2 is 2.19 bits per heavy atom. The molecule has 0 amide bonds. The van der Waals surface area contributed by atoms with Crippen LogP contribution < -0.4 is 5.32 Å². The molecule has 4 heteroatoms. The zero-order valence-electron chi connectivity index (χ0n) is 14.2. The van der Waals surface area contributed by atoms with Gasteiger partial charge in [-0.25, -0.2) is 4.98 Å². The molecule has 21 heavy (non-hydrogen) atoms. The van der Waals surface area contributed by atoms with Crippen LogP contribution in [0.25, 0.3) is 0 Å². The van der Waals surface area contributed by atoms with Crippen LogP contribution in [-0.2, 0) is 6.54 Å². The Hall–Kier alpha value is -0.870. The average molecular weight is 292 g/mol. The van der Waals surface area contributed by atoms with Crippen molar-refractivity contribution < 1.29 is 0 Å². The molecule has 1 aliphatic rings. The smallest absolute Gasteiger partial charge is 0.0945 e. The zero-order chi connectivity index (χ0) is 15.3. The van der Waals surface area contributed by atoms with Crippen molar-refractivity contribution in [3.63, 3.8) is 0 Å². The van der Waals surface area contributed by atoms with E-state index in [-0.39, 0.29) is 5.54 Å². The van der Waals surface area contributed by atoms with Gasteiger partial charge in [-0.05, 0) is 32.1 Å². The molecule has 1 fully saturated rings. The van der Waals surface area contributed by atoms with E-state index in [1.54, 1.807) is 0 Å². The molecule has 0 spiro atoms. The third kappa shape index (κ3) is 4.82. The van der Waals surface area contributed by atoms with Gasteiger partial charge in [0.25, 0.3) is 0 Å². The van der Waals surface area contributed by atoms with Crippen molar-refractivity contribution in [1.82, 2.24) is 19.8 Å². The Labute approximate surface area is 129 Å². The summed E-state index contributed by atoms with van der Waals surface area (Å²) in [6, 6.07) is 0.687. The quantitative estimate of drug-likeness (QED) is 0.839. The Morgan fingerprint density at radius 1 is 1.38 bits per heavy atom. The highest BCUT2D eigenvalue weighted by Gasteiger charge is 2.34. The largest absolute Gasteiger partial charge is 0.337 e. The predicted molar refractivity (Wildman–Crippen MR) is 88.4 cm³/mol. The van der Waals surface area contributed by atoms with Crippen LogP contribution in [-0.4, -0.2) is 45.7 Å². The lowest BCUT2D eigenvalue weighted by Gasteiger charge is -2.46. The Bertz CT molecular complexity index is 401. The highest BCUT2D eigenvalue weighted by molar-refractivity contribution is 4.94. The van der Waals surface area contributed by atoms with Crippen molar-refractivity contribution in [3.05, 3.63) is 18.7 Å². The molecule has 2 unspecified atom stereocenters. The molecule has 1 saturated heterocycles. The molecule has 0 saturated carbocycles. The number of nitrogens with zero attached hydrogens (tertiary/aromatic N) is 3. The van der Waals surface area contributed by atoms with Crippen LogP contribution in [0.5, 0.6) is 0 Å². The molecule has 0 aliphatic carbocycles. The molecule has 2 rings (SSSR count). The van der Waals surface area contributed by atoms with Crippen LogP contribution in [0.1, 0.15) is 47.0 Å². The number of imidazole rings is 1. The van der Waals surface area contributed by atoms with Crippen LogP contribution >= 0.6 is 0 Å². The molecular formula is C17H32N4. The van der Waals surface area contributed by atoms with Crippen LogP contribution in [0, 0.1) is 5.92 Å². The van der Waals surface area contributed by atoms with Gasteiger partial charge in [-0.3, -0.25) is 4.90 Å². The number of nitrogens with one attached hydrogen (secondary N) is 1. The maximum atomic E-state index is 4.12. The van der Waals surface area contributed by atoms with Crippen LogP contribution in [0.2, 0.25) is 0 Å². The van der Waals surface area contributed by atoms with Crippen molar-refractivity contribution in [2.24, 2.45) is 5.92 Å². The molecule has 1 aromatic rings. The molecule has 0 radical (unpaired) electrons. The predicted octanol–water partition coefficient (Wildman–Crippen LogP) is 2.76. The lowest BCUT2D eigenvalue weighted by molar-refractivity contribution is 0.0709. The Balaban J connectivity index is 1.89. The summed E-state index contributed by atoms with van der Waals surface area (Å²) in [6.45, 7) is 13.9. The molecule has 4 nitrogen and oxygen atoms in total. The highest BCUT2D eigenvalue weighted by atomic mass is 15.2. The summed E-state index contributed by atoms with van der Waals surface area (Å²) < 4.78 is 2.18. The van der Waals surface area contributed by atoms with Gasteiger partial charge in [0.1, 0.15) is 0 Å². The van der Waals surface area contributed by atoms with Gasteiger partial charge in [0.2, 0.25) is 0 Å². The van der Waals surface area contributed by atoms with Crippen LogP contribution in [0.4, 0.5) is 0 Å². The number of hydrogen-bond donors (Lipinski definition) is 1. The summed E-state index contributed by atoms with van der Waals surface area (Å²) in [5, 5.41) is 3.78. The fraction of sp³-hybridized carbons (Fsp3) is 0.824. The summed E-state index contributed by atoms with van der Waals surface area (Å²) in [5.41, 5.74) is 0.280. The third-order valence-corrected chi connectivity index (χ3v) is 4.78. The maximum absolute atomic E-state index is 4.12. The van der Waals surface area contributed by atoms with E-state index >= 15 is 0 Å². The van der Waals surface area contributed by atoms with Crippen molar-refractivity contribution in [1.29, 1.82) is 0 Å². The van der Waals surface area contributed by atoms with Gasteiger partial charge in [0.05, 0.1) is 6.33 Å². The molecule has 1 aromatic heterocycles. The molecule has 2 atom stereocenters. The first kappa shape index (κ1) is 16.5. The fourth-order valence-corrected chi connectivity index (χ4v) is 3.28. The van der Waals surface area contributed by atoms with E-state index in [0.717, 1.165) is 19.0 Å². The van der Waals surface area contributed by atoms with Crippen molar-refractivity contribution in [3.8, 4) is 0 Å². The van der Waals surface area contributed by atoms with Gasteiger partial charge in [0.15, 0.2) is 0 Å². The van der Waals surface area contributed by atoms with E-state index in [1.807, 2.05) is 12.5 Å². The minimum absolute atomic E-state index is 0.280. The third-order valence-electron chi connectivity index (χ3n) is 4.78. The number of rotatable bonds is 7. The van der Waals surface area contributed by atoms with Gasteiger partial charge >= 0.3 is 0 Å². The molecule has 2 heterocycles. The molecule has 120 valence electrons. The summed E-state index contributed by atoms with van der Waals surface area (Å²) in [5.74, 6) is 0.763. The first-order chi connectivity index (χ1) is 10.0. The topological polar surface area (TPSA) is 33.1 Å². The SMILES string of the molecule is CCC1(C)CN(CCCn2ccnc2)C(CC(C)C)CN1. The van der Waals surface area contributed by atoms with E-state index < -0.39 is 0 Å². The van der Waals surface area contributed by atoms with E-state index in [2.05, 4.69) is 53.7 Å². The lowest BCUT2D eigenvalue weighted by Crippen LogP contribution is -2.63. The maximum Gasteiger partial charge on any atom is 0.0945 e. The summed E-state index contributed by atoms with van der Waals surface area (Å²) in [7, 11) is 0. The number of aryl methyl sites for hydroxylation is 1. The minimum atomic E-state index is 0.280. The zero-order valence-corrected chi connectivity index (χ0v) is 14.2. The van der Waals surface area contributed by atoms with Crippen molar-refractivity contribution >= 4 is 0 Å². The Kier molecular flexibility index (Phi) is 5.82. The molecule has 0 aromatic carbocycles. The van der Waals surface area contributed by atoms with E-state index in [0.29, 0.717) is 6.04 Å². The highest BCUT2D eigenvalue weighted by Crippen LogP contribution is 2.22. The summed E-state index contributed by atoms with van der Waals surface area (Å²) >= 11 is 0. The van der Waals surface area contributed by atoms with Crippen LogP contribution in [0.3, 0.4) is 0 Å². The first-order valence-corrected chi connectivity index (χ1v) is 8.47. The fourth-order valence-electron chi connectivity index (χ4n) is 3.28. The second-order valence-corrected chi connectivity index (χ2v) is 7.20. The van der Waals surface area contributed by atoms with Crippen molar-refractivity contribution in [2.45, 2.75) is 65.1 Å². The Morgan fingerprint density at radius 3 is 2.81 bits per heavy atom. The van der Waals surface area contributed by atoms with Crippen molar-refractivity contribution in [2.75, 3.05) is 19.6 Å². The van der Waals surface area contributed by atoms with E-state index in [1.165, 1.54) is 32.4 Å². The van der Waals surface area contributed by atoms with E-state index in [9.17, 15) is 0 Å². The van der Waals surface area contributed by atoms with Gasteiger partial charge in [0, 0.05) is 50.2 Å². The molecule has 0 bridgehead atoms. The van der Waals surface area contributed by atoms with Gasteiger partial charge in [-0.15, -0.1) is 0 Å². The second kappa shape index (κ2) is 7.41. The standard InChI is InChI=1S/C17H32N4/c1-5-17(4)13-21(16(12-19-17)11-15(2)3)9-6-8-20-10-7-18-14-20/h7,10,14-16,19H,5-6,8-9,11-13H2,1-4H3. The molecular weight excluding hydrogens is 260 g/mol. The normalized spacial score (nSPS) is 27.4. The monoisotopic (exact) mass is 292 g/mol. The summed E-state index contributed by atoms with van der Waals surface area (Å²) in [6.07, 6.45) is 9.52. The summed E-state index contributed by atoms with van der Waals surface area (Å²) in [4.78, 5) is 6.84. The second-order valence-electron chi connectivity index (χ2n) is 7.20. The number of aromatic nitrogens is 2. The lowest BCUT2D eigenvalue weighted by atomic mass is 9.90. The van der Waals surface area contributed by atoms with Gasteiger partial charge in [-0.1, -0.05) is 20.8 Å². The molecule has 1 N–H and O–H groups in total. The van der Waals surface area contributed by atoms with Gasteiger partial charge in [-0.2, -0.15) is 0 Å². The number of hydrogen-bond acceptors (Lipinski definition) is 3. The van der Waals surface area contributed by atoms with Gasteiger partial charge < -0.3 is 9.88 Å².